The second-order valence-electron chi connectivity index (χ2n) is 5.01. The van der Waals surface area contributed by atoms with Crippen LogP contribution in [0.5, 0.6) is 5.75 Å². The molecule has 2 atom stereocenters. The number of nitrogens with zero attached hydrogens (tertiary/aromatic N) is 1. The van der Waals surface area contributed by atoms with Gasteiger partial charge in [-0.15, -0.1) is 0 Å². The third kappa shape index (κ3) is 3.34. The summed E-state index contributed by atoms with van der Waals surface area (Å²) in [6.45, 7) is 5.23. The molecule has 1 fully saturated rings. The molecule has 0 radical (unpaired) electrons. The summed E-state index contributed by atoms with van der Waals surface area (Å²) in [6, 6.07) is 6.67. The van der Waals surface area contributed by atoms with Crippen molar-refractivity contribution in [2.24, 2.45) is 5.73 Å². The third-order valence-corrected chi connectivity index (χ3v) is 4.41. The van der Waals surface area contributed by atoms with Crippen molar-refractivity contribution in [3.63, 3.8) is 0 Å². The van der Waals surface area contributed by atoms with E-state index in [-0.39, 0.29) is 6.04 Å². The first kappa shape index (κ1) is 15.8. The van der Waals surface area contributed by atoms with Crippen molar-refractivity contribution in [2.75, 3.05) is 33.4 Å². The molecule has 5 heteroatoms. The van der Waals surface area contributed by atoms with Crippen molar-refractivity contribution in [3.05, 3.63) is 28.2 Å². The standard InChI is InChI=1S/C15H23BrN2O2/c1-3-12-10-20-7-6-18(12)14(9-17)13-8-11(16)4-5-15(13)19-2/h4-5,8,12,14H,3,6-7,9-10,17H2,1-2H3. The maximum absolute atomic E-state index is 6.07. The Bertz CT molecular complexity index is 442. The summed E-state index contributed by atoms with van der Waals surface area (Å²) in [7, 11) is 1.71. The van der Waals surface area contributed by atoms with E-state index < -0.39 is 0 Å². The Hall–Kier alpha value is -0.620. The molecule has 0 saturated carbocycles. The van der Waals surface area contributed by atoms with Gasteiger partial charge in [-0.25, -0.2) is 0 Å². The highest BCUT2D eigenvalue weighted by atomic mass is 79.9. The number of nitrogens with two attached hydrogens (primary N) is 1. The van der Waals surface area contributed by atoms with Gasteiger partial charge in [-0.1, -0.05) is 22.9 Å². The largest absolute Gasteiger partial charge is 0.496 e. The number of benzene rings is 1. The molecule has 2 unspecified atom stereocenters. The highest BCUT2D eigenvalue weighted by molar-refractivity contribution is 9.10. The Balaban J connectivity index is 2.33. The Labute approximate surface area is 129 Å². The zero-order chi connectivity index (χ0) is 14.5. The van der Waals surface area contributed by atoms with E-state index in [0.717, 1.165) is 42.0 Å². The maximum atomic E-state index is 6.07. The van der Waals surface area contributed by atoms with Gasteiger partial charge in [0.05, 0.1) is 26.4 Å². The van der Waals surface area contributed by atoms with Crippen LogP contribution in [0.1, 0.15) is 24.9 Å². The molecule has 2 rings (SSSR count). The van der Waals surface area contributed by atoms with Crippen LogP contribution < -0.4 is 10.5 Å². The predicted molar refractivity (Wildman–Crippen MR) is 84.1 cm³/mol. The number of hydrogen-bond donors (Lipinski definition) is 1. The van der Waals surface area contributed by atoms with Crippen LogP contribution in [0, 0.1) is 0 Å². The number of rotatable bonds is 5. The van der Waals surface area contributed by atoms with Gasteiger partial charge in [-0.2, -0.15) is 0 Å². The average molecular weight is 343 g/mol. The van der Waals surface area contributed by atoms with E-state index in [1.54, 1.807) is 7.11 Å². The lowest BCUT2D eigenvalue weighted by Crippen LogP contribution is -2.48. The molecule has 1 aromatic rings. The van der Waals surface area contributed by atoms with Crippen LogP contribution in [0.4, 0.5) is 0 Å². The number of hydrogen-bond acceptors (Lipinski definition) is 4. The van der Waals surface area contributed by atoms with E-state index >= 15 is 0 Å². The van der Waals surface area contributed by atoms with Crippen LogP contribution in [0.25, 0.3) is 0 Å². The van der Waals surface area contributed by atoms with Crippen molar-refractivity contribution in [3.8, 4) is 5.75 Å². The van der Waals surface area contributed by atoms with Gasteiger partial charge < -0.3 is 15.2 Å². The first-order valence-corrected chi connectivity index (χ1v) is 7.87. The van der Waals surface area contributed by atoms with Gasteiger partial charge in [0.15, 0.2) is 0 Å². The molecular formula is C15H23BrN2O2. The summed E-state index contributed by atoms with van der Waals surface area (Å²) in [5.41, 5.74) is 7.22. The van der Waals surface area contributed by atoms with E-state index in [1.807, 2.05) is 12.1 Å². The summed E-state index contributed by atoms with van der Waals surface area (Å²) in [5.74, 6) is 0.894. The van der Waals surface area contributed by atoms with E-state index in [2.05, 4.69) is 33.8 Å². The Kier molecular flexibility index (Phi) is 5.84. The minimum absolute atomic E-state index is 0.163. The molecule has 1 aromatic carbocycles. The lowest BCUT2D eigenvalue weighted by atomic mass is 10.0. The van der Waals surface area contributed by atoms with E-state index in [9.17, 15) is 0 Å². The Morgan fingerprint density at radius 2 is 2.35 bits per heavy atom. The molecule has 1 heterocycles. The monoisotopic (exact) mass is 342 g/mol. The molecule has 0 spiro atoms. The molecule has 112 valence electrons. The topological polar surface area (TPSA) is 47.7 Å². The van der Waals surface area contributed by atoms with Crippen molar-refractivity contribution < 1.29 is 9.47 Å². The lowest BCUT2D eigenvalue weighted by Gasteiger charge is -2.40. The van der Waals surface area contributed by atoms with Gasteiger partial charge in [0.25, 0.3) is 0 Å². The highest BCUT2D eigenvalue weighted by Crippen LogP contribution is 2.33. The molecule has 2 N–H and O–H groups in total. The van der Waals surface area contributed by atoms with Gasteiger partial charge in [0, 0.05) is 29.2 Å². The Morgan fingerprint density at radius 1 is 1.55 bits per heavy atom. The van der Waals surface area contributed by atoms with E-state index in [0.29, 0.717) is 12.6 Å². The SMILES string of the molecule is CCC1COCCN1C(CN)c1cc(Br)ccc1OC. The highest BCUT2D eigenvalue weighted by Gasteiger charge is 2.30. The quantitative estimate of drug-likeness (QED) is 0.893. The first-order valence-electron chi connectivity index (χ1n) is 7.08. The maximum Gasteiger partial charge on any atom is 0.123 e. The smallest absolute Gasteiger partial charge is 0.123 e. The molecular weight excluding hydrogens is 320 g/mol. The van der Waals surface area contributed by atoms with E-state index in [4.69, 9.17) is 15.2 Å². The number of morpholine rings is 1. The summed E-state index contributed by atoms with van der Waals surface area (Å²) < 4.78 is 12.1. The van der Waals surface area contributed by atoms with Gasteiger partial charge in [0.2, 0.25) is 0 Å². The van der Waals surface area contributed by atoms with Crippen molar-refractivity contribution in [1.29, 1.82) is 0 Å². The van der Waals surface area contributed by atoms with Crippen molar-refractivity contribution in [1.82, 2.24) is 4.90 Å². The Morgan fingerprint density at radius 3 is 3.00 bits per heavy atom. The van der Waals surface area contributed by atoms with Gasteiger partial charge >= 0.3 is 0 Å². The summed E-state index contributed by atoms with van der Waals surface area (Å²) >= 11 is 3.54. The fourth-order valence-corrected chi connectivity index (χ4v) is 3.22. The molecule has 1 aliphatic heterocycles. The second-order valence-corrected chi connectivity index (χ2v) is 5.93. The first-order chi connectivity index (χ1) is 9.71. The average Bonchev–Trinajstić information content (AvgIpc) is 2.49. The van der Waals surface area contributed by atoms with Crippen LogP contribution in [0.2, 0.25) is 0 Å². The predicted octanol–water partition coefficient (Wildman–Crippen LogP) is 2.57. The van der Waals surface area contributed by atoms with Crippen molar-refractivity contribution in [2.45, 2.75) is 25.4 Å². The van der Waals surface area contributed by atoms with E-state index in [1.165, 1.54) is 0 Å². The molecule has 0 aromatic heterocycles. The molecule has 1 aliphatic rings. The van der Waals surface area contributed by atoms with Gasteiger partial charge in [-0.3, -0.25) is 4.90 Å². The molecule has 0 bridgehead atoms. The lowest BCUT2D eigenvalue weighted by molar-refractivity contribution is -0.0294. The number of ether oxygens (including phenoxy) is 2. The van der Waals surface area contributed by atoms with Crippen LogP contribution in [-0.2, 0) is 4.74 Å². The zero-order valence-corrected chi connectivity index (χ0v) is 13.7. The van der Waals surface area contributed by atoms with Crippen LogP contribution in [0.15, 0.2) is 22.7 Å². The molecule has 1 saturated heterocycles. The number of methoxy groups -OCH3 is 1. The summed E-state index contributed by atoms with van der Waals surface area (Å²) in [4.78, 5) is 2.45. The minimum Gasteiger partial charge on any atom is -0.496 e. The molecule has 4 nitrogen and oxygen atoms in total. The normalized spacial score (nSPS) is 21.7. The van der Waals surface area contributed by atoms with Crippen LogP contribution >= 0.6 is 15.9 Å². The summed E-state index contributed by atoms with van der Waals surface area (Å²) in [6.07, 6.45) is 1.06. The number of halogens is 1. The molecule has 0 aliphatic carbocycles. The fourth-order valence-electron chi connectivity index (χ4n) is 2.84. The third-order valence-electron chi connectivity index (χ3n) is 3.92. The van der Waals surface area contributed by atoms with Gasteiger partial charge in [0.1, 0.15) is 5.75 Å². The summed E-state index contributed by atoms with van der Waals surface area (Å²) in [5, 5.41) is 0. The van der Waals surface area contributed by atoms with Gasteiger partial charge in [-0.05, 0) is 24.6 Å². The molecule has 20 heavy (non-hydrogen) atoms. The van der Waals surface area contributed by atoms with Crippen LogP contribution in [0.3, 0.4) is 0 Å². The van der Waals surface area contributed by atoms with Crippen molar-refractivity contribution >= 4 is 15.9 Å². The minimum atomic E-state index is 0.163. The molecule has 0 amide bonds. The van der Waals surface area contributed by atoms with Crippen LogP contribution in [-0.4, -0.2) is 44.4 Å². The fraction of sp³-hybridized carbons (Fsp3) is 0.600. The zero-order valence-electron chi connectivity index (χ0n) is 12.1. The second kappa shape index (κ2) is 7.41.